The van der Waals surface area contributed by atoms with Crippen LogP contribution in [0.5, 0.6) is 0 Å². The molecule has 1 aliphatic rings. The van der Waals surface area contributed by atoms with Crippen molar-refractivity contribution in [1.29, 1.82) is 0 Å². The predicted molar refractivity (Wildman–Crippen MR) is 141 cm³/mol. The molecular weight excluding hydrogens is 448 g/mol. The van der Waals surface area contributed by atoms with E-state index in [2.05, 4.69) is 72.5 Å². The second-order valence-electron chi connectivity index (χ2n) is 10.9. The van der Waals surface area contributed by atoms with Gasteiger partial charge in [-0.25, -0.2) is 4.98 Å². The third-order valence-electron chi connectivity index (χ3n) is 7.19. The molecule has 0 radical (unpaired) electrons. The van der Waals surface area contributed by atoms with E-state index in [0.29, 0.717) is 12.1 Å². The quantitative estimate of drug-likeness (QED) is 0.321. The minimum absolute atomic E-state index is 0.120. The Morgan fingerprint density at radius 2 is 1.78 bits per heavy atom. The number of rotatable bonds is 5. The lowest BCUT2D eigenvalue weighted by atomic mass is 9.85. The number of aromatic amines is 1. The van der Waals surface area contributed by atoms with Gasteiger partial charge in [-0.3, -0.25) is 9.89 Å². The summed E-state index contributed by atoms with van der Waals surface area (Å²) >= 11 is 0. The number of carbonyl (C=O) groups excluding carboxylic acids is 1. The molecule has 0 amide bonds. The van der Waals surface area contributed by atoms with E-state index < -0.39 is 0 Å². The van der Waals surface area contributed by atoms with Gasteiger partial charge in [-0.15, -0.1) is 0 Å². The average molecular weight is 479 g/mol. The molecule has 0 fully saturated rings. The van der Waals surface area contributed by atoms with Crippen molar-refractivity contribution >= 4 is 27.6 Å². The molecule has 6 heteroatoms. The maximum Gasteiger partial charge on any atom is 0.143 e. The van der Waals surface area contributed by atoms with Crippen LogP contribution in [0.15, 0.2) is 53.2 Å². The second-order valence-corrected chi connectivity index (χ2v) is 10.9. The number of carbonyl (C=O) groups is 1. The lowest BCUT2D eigenvalue weighted by Crippen LogP contribution is -2.10. The van der Waals surface area contributed by atoms with Gasteiger partial charge >= 0.3 is 0 Å². The highest BCUT2D eigenvalue weighted by Gasteiger charge is 2.22. The molecule has 5 aromatic rings. The van der Waals surface area contributed by atoms with Crippen molar-refractivity contribution in [3.63, 3.8) is 0 Å². The van der Waals surface area contributed by atoms with Crippen LogP contribution in [0, 0.1) is 0 Å². The summed E-state index contributed by atoms with van der Waals surface area (Å²) in [4.78, 5) is 17.8. The van der Waals surface area contributed by atoms with E-state index >= 15 is 0 Å². The monoisotopic (exact) mass is 478 g/mol. The van der Waals surface area contributed by atoms with Gasteiger partial charge in [0.25, 0.3) is 0 Å². The van der Waals surface area contributed by atoms with Crippen molar-refractivity contribution in [3.05, 3.63) is 76.8 Å². The summed E-state index contributed by atoms with van der Waals surface area (Å²) < 4.78 is 5.43. The largest absolute Gasteiger partial charge is 0.361 e. The Kier molecular flexibility index (Phi) is 5.47. The minimum Gasteiger partial charge on any atom is -0.361 e. The maximum absolute atomic E-state index is 12.7. The molecule has 0 atom stereocenters. The standard InChI is InChI=1S/C30H30N4O2/c1-30(2,3)27-16-20(34-36-27)15-21(35)14-18-8-10-19(11-9-18)29-23-7-5-4-6-22(23)28-24-17-31-33-25(24)12-13-26(28)32-29/h8-13,16-17H,4-7,14-15H2,1-3H3,(H,31,33). The van der Waals surface area contributed by atoms with E-state index in [9.17, 15) is 4.79 Å². The van der Waals surface area contributed by atoms with Crippen LogP contribution < -0.4 is 0 Å². The summed E-state index contributed by atoms with van der Waals surface area (Å²) in [5, 5.41) is 13.8. The number of ketones is 1. The highest BCUT2D eigenvalue weighted by molar-refractivity contribution is 6.07. The predicted octanol–water partition coefficient (Wildman–Crippen LogP) is 6.30. The van der Waals surface area contributed by atoms with Gasteiger partial charge in [-0.05, 0) is 54.5 Å². The highest BCUT2D eigenvalue weighted by atomic mass is 16.5. The number of hydrogen-bond acceptors (Lipinski definition) is 5. The van der Waals surface area contributed by atoms with Gasteiger partial charge in [0.2, 0.25) is 0 Å². The molecule has 0 aliphatic heterocycles. The van der Waals surface area contributed by atoms with Crippen LogP contribution in [0.3, 0.4) is 0 Å². The molecule has 0 unspecified atom stereocenters. The zero-order chi connectivity index (χ0) is 24.9. The summed E-state index contributed by atoms with van der Waals surface area (Å²) in [7, 11) is 0. The first-order valence-corrected chi connectivity index (χ1v) is 12.7. The van der Waals surface area contributed by atoms with Gasteiger partial charge in [-0.2, -0.15) is 5.10 Å². The number of aromatic nitrogens is 4. The van der Waals surface area contributed by atoms with Crippen LogP contribution in [-0.4, -0.2) is 26.1 Å². The topological polar surface area (TPSA) is 84.7 Å². The molecule has 1 N–H and O–H groups in total. The molecule has 0 spiro atoms. The molecule has 2 aromatic carbocycles. The number of H-pyrrole nitrogens is 1. The first kappa shape index (κ1) is 22.7. The van der Waals surface area contributed by atoms with Crippen LogP contribution in [0.2, 0.25) is 0 Å². The summed E-state index contributed by atoms with van der Waals surface area (Å²) in [5.41, 5.74) is 8.57. The van der Waals surface area contributed by atoms with Gasteiger partial charge in [-0.1, -0.05) is 50.2 Å². The number of fused-ring (bicyclic) bond motifs is 5. The Morgan fingerprint density at radius 1 is 1.00 bits per heavy atom. The number of benzene rings is 2. The van der Waals surface area contributed by atoms with E-state index in [1.807, 2.05) is 12.3 Å². The lowest BCUT2D eigenvalue weighted by molar-refractivity contribution is -0.117. The number of aryl methyl sites for hydroxylation is 1. The average Bonchev–Trinajstić information content (AvgIpc) is 3.53. The fourth-order valence-corrected chi connectivity index (χ4v) is 5.31. The molecule has 36 heavy (non-hydrogen) atoms. The second kappa shape index (κ2) is 8.70. The highest BCUT2D eigenvalue weighted by Crippen LogP contribution is 2.37. The molecule has 3 aromatic heterocycles. The molecule has 0 bridgehead atoms. The first-order valence-electron chi connectivity index (χ1n) is 12.7. The van der Waals surface area contributed by atoms with Crippen molar-refractivity contribution in [2.45, 2.75) is 64.7 Å². The van der Waals surface area contributed by atoms with Crippen LogP contribution in [0.4, 0.5) is 0 Å². The Bertz CT molecular complexity index is 1590. The number of Topliss-reactive ketones (excluding diaryl/α,β-unsaturated/α-hetero) is 1. The zero-order valence-electron chi connectivity index (χ0n) is 21.0. The third-order valence-corrected chi connectivity index (χ3v) is 7.19. The molecule has 0 saturated carbocycles. The molecule has 1 aliphatic carbocycles. The Hall–Kier alpha value is -3.80. The number of pyridine rings is 1. The number of nitrogens with one attached hydrogen (secondary N) is 1. The number of nitrogens with zero attached hydrogens (tertiary/aromatic N) is 3. The first-order chi connectivity index (χ1) is 17.4. The summed E-state index contributed by atoms with van der Waals surface area (Å²) in [6, 6.07) is 14.4. The van der Waals surface area contributed by atoms with Crippen LogP contribution in [0.25, 0.3) is 33.1 Å². The van der Waals surface area contributed by atoms with Gasteiger partial charge < -0.3 is 4.52 Å². The fourth-order valence-electron chi connectivity index (χ4n) is 5.31. The van der Waals surface area contributed by atoms with Crippen LogP contribution >= 0.6 is 0 Å². The van der Waals surface area contributed by atoms with Crippen molar-refractivity contribution < 1.29 is 9.32 Å². The lowest BCUT2D eigenvalue weighted by Gasteiger charge is -2.22. The molecule has 3 heterocycles. The zero-order valence-corrected chi connectivity index (χ0v) is 21.0. The maximum atomic E-state index is 12.7. The van der Waals surface area contributed by atoms with Gasteiger partial charge in [0.15, 0.2) is 0 Å². The minimum atomic E-state index is -0.120. The van der Waals surface area contributed by atoms with E-state index in [0.717, 1.165) is 51.8 Å². The fraction of sp³-hybridized carbons (Fsp3) is 0.333. The van der Waals surface area contributed by atoms with E-state index in [1.165, 1.54) is 29.4 Å². The normalized spacial score (nSPS) is 13.9. The van der Waals surface area contributed by atoms with E-state index in [1.54, 1.807) is 0 Å². The SMILES string of the molecule is CC(C)(C)c1cc(CC(=O)Cc2ccc(-c3nc4ccc5[nH]ncc5c4c4c3CCCC4)cc2)no1. The third kappa shape index (κ3) is 4.11. The summed E-state index contributed by atoms with van der Waals surface area (Å²) in [6.07, 6.45) is 7.06. The van der Waals surface area contributed by atoms with Crippen molar-refractivity contribution in [3.8, 4) is 11.3 Å². The summed E-state index contributed by atoms with van der Waals surface area (Å²) in [5.74, 6) is 0.927. The van der Waals surface area contributed by atoms with E-state index in [4.69, 9.17) is 9.51 Å². The molecule has 0 saturated heterocycles. The summed E-state index contributed by atoms with van der Waals surface area (Å²) in [6.45, 7) is 6.21. The smallest absolute Gasteiger partial charge is 0.143 e. The molecule has 6 nitrogen and oxygen atoms in total. The van der Waals surface area contributed by atoms with Gasteiger partial charge in [0.1, 0.15) is 11.5 Å². The van der Waals surface area contributed by atoms with E-state index in [-0.39, 0.29) is 17.6 Å². The molecule has 182 valence electrons. The molecule has 6 rings (SSSR count). The van der Waals surface area contributed by atoms with Crippen molar-refractivity contribution in [2.75, 3.05) is 0 Å². The van der Waals surface area contributed by atoms with Crippen LogP contribution in [0.1, 0.15) is 61.8 Å². The Labute approximate surface area is 210 Å². The van der Waals surface area contributed by atoms with Gasteiger partial charge in [0, 0.05) is 34.2 Å². The Morgan fingerprint density at radius 3 is 2.53 bits per heavy atom. The van der Waals surface area contributed by atoms with Crippen LogP contribution in [-0.2, 0) is 35.9 Å². The van der Waals surface area contributed by atoms with Crippen molar-refractivity contribution in [1.82, 2.24) is 20.3 Å². The van der Waals surface area contributed by atoms with Gasteiger partial charge in [0.05, 0.1) is 35.0 Å². The van der Waals surface area contributed by atoms with Crippen molar-refractivity contribution in [2.24, 2.45) is 0 Å². The number of hydrogen-bond donors (Lipinski definition) is 1. The Balaban J connectivity index is 1.27. The molecular formula is C30H30N4O2.